The monoisotopic (exact) mass is 330 g/mol. The summed E-state index contributed by atoms with van der Waals surface area (Å²) in [5, 5.41) is 0. The second-order valence-electron chi connectivity index (χ2n) is 4.71. The van der Waals surface area contributed by atoms with Crippen LogP contribution in [0.2, 0.25) is 0 Å². The molecule has 1 saturated carbocycles. The van der Waals surface area contributed by atoms with E-state index in [1.165, 1.54) is 37.7 Å². The van der Waals surface area contributed by atoms with Crippen LogP contribution in [0.4, 0.5) is 0 Å². The molecule has 1 aliphatic carbocycles. The van der Waals surface area contributed by atoms with Gasteiger partial charge in [-0.05, 0) is 42.4 Å². The molecule has 0 N–H and O–H groups in total. The average Bonchev–Trinajstić information content (AvgIpc) is 2.38. The van der Waals surface area contributed by atoms with Gasteiger partial charge in [0.15, 0.2) is 23.0 Å². The van der Waals surface area contributed by atoms with Gasteiger partial charge in [0.2, 0.25) is 0 Å². The molecule has 0 aromatic heterocycles. The second kappa shape index (κ2) is 5.89. The molecule has 1 nitrogen and oxygen atoms in total. The van der Waals surface area contributed by atoms with Crippen molar-refractivity contribution in [3.63, 3.8) is 0 Å². The largest absolute Gasteiger partial charge is 0.428 e. The SMILES string of the molecule is CCC1CCCCC1c1cccc(OI)c1. The quantitative estimate of drug-likeness (QED) is 0.701. The van der Waals surface area contributed by atoms with Crippen molar-refractivity contribution in [3.8, 4) is 5.75 Å². The fourth-order valence-corrected chi connectivity index (χ4v) is 3.20. The van der Waals surface area contributed by atoms with E-state index in [1.807, 2.05) is 29.1 Å². The zero-order chi connectivity index (χ0) is 11.4. The van der Waals surface area contributed by atoms with Crippen LogP contribution in [0.1, 0.15) is 50.5 Å². The maximum absolute atomic E-state index is 5.28. The van der Waals surface area contributed by atoms with Gasteiger partial charge in [-0.15, -0.1) is 0 Å². The number of benzene rings is 1. The topological polar surface area (TPSA) is 9.23 Å². The summed E-state index contributed by atoms with van der Waals surface area (Å²) in [7, 11) is 0. The maximum atomic E-state index is 5.28. The Bertz CT molecular complexity index is 337. The highest BCUT2D eigenvalue weighted by molar-refractivity contribution is 14.1. The highest BCUT2D eigenvalue weighted by atomic mass is 127. The Morgan fingerprint density at radius 2 is 2.12 bits per heavy atom. The van der Waals surface area contributed by atoms with Crippen LogP contribution < -0.4 is 3.07 Å². The predicted molar refractivity (Wildman–Crippen MR) is 76.1 cm³/mol. The molecule has 1 fully saturated rings. The van der Waals surface area contributed by atoms with Gasteiger partial charge < -0.3 is 3.07 Å². The Morgan fingerprint density at radius 3 is 2.88 bits per heavy atom. The lowest BCUT2D eigenvalue weighted by molar-refractivity contribution is 0.299. The summed E-state index contributed by atoms with van der Waals surface area (Å²) in [4.78, 5) is 0. The van der Waals surface area contributed by atoms with Gasteiger partial charge in [-0.1, -0.05) is 38.3 Å². The molecule has 2 unspecified atom stereocenters. The van der Waals surface area contributed by atoms with E-state index in [2.05, 4.69) is 25.1 Å². The summed E-state index contributed by atoms with van der Waals surface area (Å²) in [5.74, 6) is 2.61. The van der Waals surface area contributed by atoms with Crippen LogP contribution in [0.15, 0.2) is 24.3 Å². The smallest absolute Gasteiger partial charge is 0.192 e. The van der Waals surface area contributed by atoms with E-state index < -0.39 is 0 Å². The van der Waals surface area contributed by atoms with Crippen LogP contribution in [0.3, 0.4) is 0 Å². The first-order chi connectivity index (χ1) is 7.85. The van der Waals surface area contributed by atoms with Gasteiger partial charge in [0.05, 0.1) is 0 Å². The average molecular weight is 330 g/mol. The summed E-state index contributed by atoms with van der Waals surface area (Å²) in [6, 6.07) is 8.62. The van der Waals surface area contributed by atoms with E-state index in [0.29, 0.717) is 0 Å². The van der Waals surface area contributed by atoms with Gasteiger partial charge in [0, 0.05) is 0 Å². The molecule has 0 saturated heterocycles. The van der Waals surface area contributed by atoms with Crippen LogP contribution in [0.5, 0.6) is 5.75 Å². The molecule has 0 bridgehead atoms. The Hall–Kier alpha value is -0.250. The molecule has 2 rings (SSSR count). The summed E-state index contributed by atoms with van der Waals surface area (Å²) in [6.45, 7) is 2.32. The number of rotatable bonds is 3. The third-order valence-corrected chi connectivity index (χ3v) is 4.32. The molecule has 0 radical (unpaired) electrons. The van der Waals surface area contributed by atoms with E-state index in [1.54, 1.807) is 0 Å². The minimum atomic E-state index is 0.755. The maximum Gasteiger partial charge on any atom is 0.192 e. The molecule has 2 heteroatoms. The van der Waals surface area contributed by atoms with E-state index >= 15 is 0 Å². The zero-order valence-electron chi connectivity index (χ0n) is 9.79. The van der Waals surface area contributed by atoms with Crippen molar-refractivity contribution in [2.24, 2.45) is 5.92 Å². The molecule has 1 aromatic carbocycles. The van der Waals surface area contributed by atoms with Crippen molar-refractivity contribution < 1.29 is 3.07 Å². The van der Waals surface area contributed by atoms with E-state index in [-0.39, 0.29) is 0 Å². The lowest BCUT2D eigenvalue weighted by atomic mass is 9.74. The number of hydrogen-bond acceptors (Lipinski definition) is 1. The Balaban J connectivity index is 2.20. The minimum absolute atomic E-state index is 0.755. The Labute approximate surface area is 112 Å². The van der Waals surface area contributed by atoms with Crippen LogP contribution in [-0.2, 0) is 0 Å². The molecule has 1 aliphatic rings. The Morgan fingerprint density at radius 1 is 1.31 bits per heavy atom. The molecule has 1 aromatic rings. The fraction of sp³-hybridized carbons (Fsp3) is 0.571. The van der Waals surface area contributed by atoms with Gasteiger partial charge >= 0.3 is 0 Å². The molecule has 0 amide bonds. The van der Waals surface area contributed by atoms with Gasteiger partial charge in [0.1, 0.15) is 5.75 Å². The minimum Gasteiger partial charge on any atom is -0.428 e. The van der Waals surface area contributed by atoms with Gasteiger partial charge in [-0.2, -0.15) is 0 Å². The van der Waals surface area contributed by atoms with Crippen LogP contribution >= 0.6 is 23.0 Å². The van der Waals surface area contributed by atoms with Gasteiger partial charge in [0.25, 0.3) is 0 Å². The number of halogens is 1. The third kappa shape index (κ3) is 2.70. The lowest BCUT2D eigenvalue weighted by Gasteiger charge is -2.31. The van der Waals surface area contributed by atoms with Crippen molar-refractivity contribution in [2.75, 3.05) is 0 Å². The van der Waals surface area contributed by atoms with Gasteiger partial charge in [-0.25, -0.2) is 0 Å². The van der Waals surface area contributed by atoms with E-state index in [0.717, 1.165) is 17.6 Å². The highest BCUT2D eigenvalue weighted by Gasteiger charge is 2.25. The molecule has 0 aliphatic heterocycles. The van der Waals surface area contributed by atoms with Crippen LogP contribution in [0.25, 0.3) is 0 Å². The standard InChI is InChI=1S/C14H19IO/c1-2-11-6-3-4-9-14(11)12-7-5-8-13(10-12)16-15/h5,7-8,10-11,14H,2-4,6,9H2,1H3. The van der Waals surface area contributed by atoms with E-state index in [9.17, 15) is 0 Å². The van der Waals surface area contributed by atoms with Crippen molar-refractivity contribution >= 4 is 23.0 Å². The second-order valence-corrected chi connectivity index (χ2v) is 5.15. The highest BCUT2D eigenvalue weighted by Crippen LogP contribution is 2.40. The van der Waals surface area contributed by atoms with Crippen molar-refractivity contribution in [2.45, 2.75) is 44.9 Å². The molecular formula is C14H19IO. The first-order valence-electron chi connectivity index (χ1n) is 6.23. The molecule has 2 atom stereocenters. The normalized spacial score (nSPS) is 25.4. The molecule has 88 valence electrons. The van der Waals surface area contributed by atoms with Crippen molar-refractivity contribution in [1.82, 2.24) is 0 Å². The molecule has 0 spiro atoms. The summed E-state index contributed by atoms with van der Waals surface area (Å²) < 4.78 is 5.28. The van der Waals surface area contributed by atoms with Crippen molar-refractivity contribution in [3.05, 3.63) is 29.8 Å². The molecular weight excluding hydrogens is 311 g/mol. The van der Waals surface area contributed by atoms with Gasteiger partial charge in [-0.3, -0.25) is 0 Å². The predicted octanol–water partition coefficient (Wildman–Crippen LogP) is 5.10. The molecule has 0 heterocycles. The summed E-state index contributed by atoms with van der Waals surface area (Å²) >= 11 is 1.96. The summed E-state index contributed by atoms with van der Waals surface area (Å²) in [5.41, 5.74) is 1.47. The number of hydrogen-bond donors (Lipinski definition) is 0. The van der Waals surface area contributed by atoms with E-state index in [4.69, 9.17) is 3.07 Å². The first kappa shape index (κ1) is 12.2. The molecule has 16 heavy (non-hydrogen) atoms. The van der Waals surface area contributed by atoms with Crippen LogP contribution in [0, 0.1) is 5.92 Å². The Kier molecular flexibility index (Phi) is 4.50. The lowest BCUT2D eigenvalue weighted by Crippen LogP contribution is -2.16. The summed E-state index contributed by atoms with van der Waals surface area (Å²) in [6.07, 6.45) is 6.85. The van der Waals surface area contributed by atoms with Crippen LogP contribution in [-0.4, -0.2) is 0 Å². The first-order valence-corrected chi connectivity index (χ1v) is 7.11. The third-order valence-electron chi connectivity index (χ3n) is 3.81. The fourth-order valence-electron chi connectivity index (χ4n) is 2.93. The zero-order valence-corrected chi connectivity index (χ0v) is 11.9. The van der Waals surface area contributed by atoms with Crippen molar-refractivity contribution in [1.29, 1.82) is 0 Å².